The first-order chi connectivity index (χ1) is 47.4. The minimum Gasteiger partial charge on any atom is -0.358 e. The first-order valence-electron chi connectivity index (χ1n) is 23.6. The normalized spacial score (nSPS) is 3.95. The van der Waals surface area contributed by atoms with Crippen LogP contribution in [0.2, 0.25) is 0 Å². The smallest absolute Gasteiger partial charge is 0 e. The van der Waals surface area contributed by atoms with Crippen LogP contribution in [0.1, 0.15) is 0 Å². The van der Waals surface area contributed by atoms with Gasteiger partial charge in [-0.25, -0.2) is 11.8 Å². The molecule has 0 bridgehead atoms. The molecule has 0 rings (SSSR count). The van der Waals surface area contributed by atoms with E-state index in [1.165, 1.54) is 0 Å². The molecule has 0 heterocycles. The standard InChI is InChI=1S/C95H2/c1-3-5-7-9-11-13-15-17-19-21-23-25-27-29-31-33-35-37-39-41-43-45-47-49-51-53-55-57-59-61-63-65-67-69-71-73-75-77-79-81-83-85-87-89-91-93-95-94-92-90-88-86-84-82-80-78-76-74-72-70-68-66-64-62-60-58-56-54-52-50-48-46-44-42-40-38-36-34-32-30-28-26-24-22-20-18-16-14-12-10-8-6-4-2/h1H2/q-2. The van der Waals surface area contributed by atoms with Crippen LogP contribution in [0.3, 0.4) is 0 Å². The van der Waals surface area contributed by atoms with Crippen LogP contribution in [0.4, 0.5) is 0 Å². The van der Waals surface area contributed by atoms with Crippen molar-refractivity contribution in [2.45, 2.75) is 0 Å². The van der Waals surface area contributed by atoms with E-state index in [9.17, 15) is 0 Å². The summed E-state index contributed by atoms with van der Waals surface area (Å²) in [6.45, 7) is 3.32. The zero-order valence-electron chi connectivity index (χ0n) is 47.7. The highest BCUT2D eigenvalue weighted by atomic mass is 13.7. The van der Waals surface area contributed by atoms with E-state index < -0.39 is 0 Å². The van der Waals surface area contributed by atoms with Gasteiger partial charge in [-0.15, -0.1) is 11.8 Å². The average molecular weight is 1140 g/mol. The Morgan fingerprint density at radius 2 is 0.137 bits per heavy atom. The van der Waals surface area contributed by atoms with Crippen LogP contribution in [0.25, 0.3) is 0 Å². The lowest BCUT2D eigenvalue weighted by Crippen LogP contribution is -1.57. The summed E-state index contributed by atoms with van der Waals surface area (Å²) in [6.07, 6.45) is 6.59. The lowest BCUT2D eigenvalue weighted by Gasteiger charge is -1.64. The molecule has 0 saturated heterocycles. The summed E-state index contributed by atoms with van der Waals surface area (Å²) in [5.74, 6) is 231. The quantitative estimate of drug-likeness (QED) is 0.247. The average Bonchev–Trinajstić information content (AvgIpc) is 3.59. The van der Waals surface area contributed by atoms with E-state index in [0.717, 1.165) is 0 Å². The molecule has 384 valence electrons. The van der Waals surface area contributed by atoms with Crippen LogP contribution in [0, 0.1) is 564 Å². The highest BCUT2D eigenvalue weighted by Crippen LogP contribution is 1.67. The molecule has 0 N–H and O–H groups in total. The second-order valence-electron chi connectivity index (χ2n) is 11.7. The van der Waals surface area contributed by atoms with Crippen molar-refractivity contribution in [3.8, 4) is 551 Å². The summed E-state index contributed by atoms with van der Waals surface area (Å²) in [5, 5.41) is 0. The van der Waals surface area contributed by atoms with Crippen molar-refractivity contribution < 1.29 is 0 Å². The molecule has 0 fully saturated rings. The van der Waals surface area contributed by atoms with Gasteiger partial charge < -0.3 is 6.42 Å². The Balaban J connectivity index is 4.63. The molecule has 0 aromatic heterocycles. The van der Waals surface area contributed by atoms with Crippen molar-refractivity contribution >= 4 is 0 Å². The molecule has 0 aliphatic rings. The molecule has 0 atom stereocenters. The second kappa shape index (κ2) is 73.2. The predicted molar refractivity (Wildman–Crippen MR) is 370 cm³/mol. The molecule has 0 saturated carbocycles. The van der Waals surface area contributed by atoms with E-state index in [1.807, 2.05) is 5.92 Å². The monoisotopic (exact) mass is 1140 g/mol. The SMILES string of the molecule is [C-]#CC#CC#CC#CC#CC#CC#CC#CC#CC#CC#CC#CC#CC#CC#CC#CC#CC#CC#CC#CC#CC#CC#CC#CC#CC#CC#CC#CC#CC#CC#CC#CC#CC#CC#CC#CC#CC#CC#CC#CC#CC#CC#CC#CC#CC#CC#C[CH2-]. The van der Waals surface area contributed by atoms with E-state index in [-0.39, 0.29) is 0 Å². The summed E-state index contributed by atoms with van der Waals surface area (Å²) in [6, 6.07) is 0. The fraction of sp³-hybridized carbons (Fsp3) is 0. The number of rotatable bonds is 0. The van der Waals surface area contributed by atoms with E-state index >= 15 is 0 Å². The van der Waals surface area contributed by atoms with Crippen LogP contribution in [-0.2, 0) is 0 Å². The fourth-order valence-corrected chi connectivity index (χ4v) is 2.86. The van der Waals surface area contributed by atoms with Gasteiger partial charge in [0.05, 0.1) is 0 Å². The molecule has 0 aromatic carbocycles. The Morgan fingerprint density at radius 1 is 0.0842 bits per heavy atom. The van der Waals surface area contributed by atoms with Gasteiger partial charge in [0.2, 0.25) is 0 Å². The van der Waals surface area contributed by atoms with Crippen molar-refractivity contribution in [3.63, 3.8) is 0 Å². The van der Waals surface area contributed by atoms with Crippen LogP contribution >= 0.6 is 0 Å². The van der Waals surface area contributed by atoms with Gasteiger partial charge in [0.25, 0.3) is 0 Å². The molecule has 0 unspecified atom stereocenters. The zero-order valence-corrected chi connectivity index (χ0v) is 47.7. The van der Waals surface area contributed by atoms with E-state index in [4.69, 9.17) is 6.42 Å². The number of hydrogen-bond acceptors (Lipinski definition) is 0. The summed E-state index contributed by atoms with van der Waals surface area (Å²) in [4.78, 5) is 0. The van der Waals surface area contributed by atoms with Crippen LogP contribution in [0.5, 0.6) is 0 Å². The van der Waals surface area contributed by atoms with Gasteiger partial charge in [0.15, 0.2) is 0 Å². The van der Waals surface area contributed by atoms with Gasteiger partial charge in [-0.1, -0.05) is 0 Å². The fourth-order valence-electron chi connectivity index (χ4n) is 2.86. The van der Waals surface area contributed by atoms with Crippen molar-refractivity contribution in [2.75, 3.05) is 0 Å². The Hall–Kier alpha value is -20.8. The Kier molecular flexibility index (Phi) is 57.2. The summed E-state index contributed by atoms with van der Waals surface area (Å²) in [7, 11) is 0. The molecule has 0 amide bonds. The first kappa shape index (κ1) is 74.2. The minimum absolute atomic E-state index is 1.87. The van der Waals surface area contributed by atoms with Crippen molar-refractivity contribution in [1.82, 2.24) is 0 Å². The van der Waals surface area contributed by atoms with Crippen molar-refractivity contribution in [3.05, 3.63) is 13.3 Å². The Morgan fingerprint density at radius 3 is 0.189 bits per heavy atom. The molecule has 95 heavy (non-hydrogen) atoms. The van der Waals surface area contributed by atoms with Gasteiger partial charge in [0.1, 0.15) is 0 Å². The maximum absolute atomic E-state index is 6.59. The second-order valence-corrected chi connectivity index (χ2v) is 11.7. The Labute approximate surface area is 560 Å². The molecule has 0 spiro atoms. The zero-order chi connectivity index (χ0) is 67.8. The molecule has 0 nitrogen and oxygen atoms in total. The third kappa shape index (κ3) is 73.2. The lowest BCUT2D eigenvalue weighted by atomic mass is 10.4. The molecule has 0 aromatic rings. The highest BCUT2D eigenvalue weighted by Gasteiger charge is 1.66. The molecule has 0 heteroatoms. The van der Waals surface area contributed by atoms with E-state index in [1.54, 1.807) is 0 Å². The maximum Gasteiger partial charge on any atom is 0 e. The third-order valence-electron chi connectivity index (χ3n) is 5.78. The minimum atomic E-state index is 1.87. The van der Waals surface area contributed by atoms with Crippen LogP contribution < -0.4 is 0 Å². The summed E-state index contributed by atoms with van der Waals surface area (Å²) in [5.41, 5.74) is 0. The van der Waals surface area contributed by atoms with Gasteiger partial charge in [0, 0.05) is 420 Å². The summed E-state index contributed by atoms with van der Waals surface area (Å²) >= 11 is 0. The van der Waals surface area contributed by atoms with Crippen LogP contribution in [-0.4, -0.2) is 0 Å². The van der Waals surface area contributed by atoms with Gasteiger partial charge >= 0.3 is 0 Å². The molecular weight excluding hydrogens is 1140 g/mol. The Bertz CT molecular complexity index is 6650. The van der Waals surface area contributed by atoms with Gasteiger partial charge in [-0.3, -0.25) is 11.8 Å². The topological polar surface area (TPSA) is 0 Å². The maximum atomic E-state index is 6.59. The third-order valence-corrected chi connectivity index (χ3v) is 5.78. The van der Waals surface area contributed by atoms with Crippen molar-refractivity contribution in [1.29, 1.82) is 0 Å². The van der Waals surface area contributed by atoms with Gasteiger partial charge in [-0.2, -0.15) is 6.92 Å². The molecule has 0 aliphatic carbocycles. The van der Waals surface area contributed by atoms with Gasteiger partial charge in [-0.05, 0) is 94.7 Å². The van der Waals surface area contributed by atoms with Crippen molar-refractivity contribution in [2.24, 2.45) is 0 Å². The molecule has 0 radical (unpaired) electrons. The lowest BCUT2D eigenvalue weighted by molar-refractivity contribution is 2.31. The predicted octanol–water partition coefficient (Wildman–Crippen LogP) is 0.567. The highest BCUT2D eigenvalue weighted by molar-refractivity contribution is 5.55. The molecular formula is C95H2-2. The summed E-state index contributed by atoms with van der Waals surface area (Å²) < 4.78 is 0. The van der Waals surface area contributed by atoms with E-state index in [2.05, 4.69) is 552 Å². The largest absolute Gasteiger partial charge is 0.358 e. The molecule has 0 aliphatic heterocycles. The first-order valence-corrected chi connectivity index (χ1v) is 23.6. The van der Waals surface area contributed by atoms with Crippen LogP contribution in [0.15, 0.2) is 0 Å². The van der Waals surface area contributed by atoms with E-state index in [0.29, 0.717) is 0 Å². The number of hydrogen-bond donors (Lipinski definition) is 0.